The van der Waals surface area contributed by atoms with E-state index in [9.17, 15) is 14.4 Å². The lowest BCUT2D eigenvalue weighted by molar-refractivity contribution is -0.150. The Labute approximate surface area is 118 Å². The van der Waals surface area contributed by atoms with Crippen molar-refractivity contribution in [1.29, 1.82) is 0 Å². The van der Waals surface area contributed by atoms with E-state index in [0.29, 0.717) is 32.4 Å². The highest BCUT2D eigenvalue weighted by atomic mass is 16.5. The van der Waals surface area contributed by atoms with Gasteiger partial charge in [0.2, 0.25) is 11.8 Å². The SMILES string of the molecule is CN(C)C(=O)COC1CN(C(=O)CCCCC(=O)O)C1. The third kappa shape index (κ3) is 5.56. The molecule has 1 heterocycles. The highest BCUT2D eigenvalue weighted by Gasteiger charge is 2.31. The molecule has 0 saturated carbocycles. The van der Waals surface area contributed by atoms with Crippen molar-refractivity contribution in [2.45, 2.75) is 31.8 Å². The summed E-state index contributed by atoms with van der Waals surface area (Å²) in [7, 11) is 3.33. The molecule has 0 aromatic heterocycles. The van der Waals surface area contributed by atoms with Gasteiger partial charge in [-0.2, -0.15) is 0 Å². The number of ether oxygens (including phenoxy) is 1. The van der Waals surface area contributed by atoms with Crippen molar-refractivity contribution in [2.75, 3.05) is 33.8 Å². The minimum absolute atomic E-state index is 0.0224. The van der Waals surface area contributed by atoms with E-state index >= 15 is 0 Å². The van der Waals surface area contributed by atoms with Crippen molar-refractivity contribution in [2.24, 2.45) is 0 Å². The lowest BCUT2D eigenvalue weighted by Crippen LogP contribution is -2.55. The second-order valence-corrected chi connectivity index (χ2v) is 5.12. The Morgan fingerprint density at radius 1 is 1.20 bits per heavy atom. The number of likely N-dealkylation sites (tertiary alicyclic amines) is 1. The van der Waals surface area contributed by atoms with Crippen molar-refractivity contribution in [1.82, 2.24) is 9.80 Å². The number of aliphatic carboxylic acids is 1. The number of likely N-dealkylation sites (N-methyl/N-ethyl adjacent to an activating group) is 1. The Hall–Kier alpha value is -1.63. The topological polar surface area (TPSA) is 87.2 Å². The van der Waals surface area contributed by atoms with Crippen LogP contribution in [0.4, 0.5) is 0 Å². The molecule has 1 N–H and O–H groups in total. The van der Waals surface area contributed by atoms with Crippen LogP contribution in [0.5, 0.6) is 0 Å². The van der Waals surface area contributed by atoms with Gasteiger partial charge in [-0.05, 0) is 12.8 Å². The zero-order chi connectivity index (χ0) is 15.1. The number of carbonyl (C=O) groups is 3. The highest BCUT2D eigenvalue weighted by molar-refractivity contribution is 5.78. The Morgan fingerprint density at radius 2 is 1.80 bits per heavy atom. The van der Waals surface area contributed by atoms with Gasteiger partial charge < -0.3 is 19.6 Å². The fraction of sp³-hybridized carbons (Fsp3) is 0.769. The van der Waals surface area contributed by atoms with Gasteiger partial charge in [0, 0.05) is 40.0 Å². The monoisotopic (exact) mass is 286 g/mol. The van der Waals surface area contributed by atoms with Crippen molar-refractivity contribution in [3.8, 4) is 0 Å². The van der Waals surface area contributed by atoms with Crippen LogP contribution in [0.25, 0.3) is 0 Å². The summed E-state index contributed by atoms with van der Waals surface area (Å²) >= 11 is 0. The fourth-order valence-electron chi connectivity index (χ4n) is 1.78. The molecule has 0 atom stereocenters. The number of hydrogen-bond donors (Lipinski definition) is 1. The summed E-state index contributed by atoms with van der Waals surface area (Å²) in [5.41, 5.74) is 0. The van der Waals surface area contributed by atoms with Gasteiger partial charge in [0.1, 0.15) is 6.61 Å². The number of rotatable bonds is 8. The van der Waals surface area contributed by atoms with Gasteiger partial charge in [-0.25, -0.2) is 0 Å². The maximum atomic E-state index is 11.7. The summed E-state index contributed by atoms with van der Waals surface area (Å²) in [6.07, 6.45) is 1.52. The van der Waals surface area contributed by atoms with E-state index in [1.165, 1.54) is 4.90 Å². The average Bonchev–Trinajstić information content (AvgIpc) is 2.31. The Morgan fingerprint density at radius 3 is 2.35 bits per heavy atom. The molecule has 0 unspecified atom stereocenters. The summed E-state index contributed by atoms with van der Waals surface area (Å²) in [5, 5.41) is 8.48. The first-order chi connectivity index (χ1) is 9.40. The molecule has 0 radical (unpaired) electrons. The van der Waals surface area contributed by atoms with Crippen LogP contribution in [0.1, 0.15) is 25.7 Å². The third-order valence-corrected chi connectivity index (χ3v) is 3.17. The van der Waals surface area contributed by atoms with Crippen LogP contribution in [0.15, 0.2) is 0 Å². The summed E-state index contributed by atoms with van der Waals surface area (Å²) in [6, 6.07) is 0. The summed E-state index contributed by atoms with van der Waals surface area (Å²) in [6.45, 7) is 1.06. The van der Waals surface area contributed by atoms with Crippen molar-refractivity contribution < 1.29 is 24.2 Å². The largest absolute Gasteiger partial charge is 0.481 e. The second kappa shape index (κ2) is 7.84. The lowest BCUT2D eigenvalue weighted by atomic mass is 10.1. The zero-order valence-electron chi connectivity index (χ0n) is 12.0. The molecule has 1 aliphatic heterocycles. The molecule has 1 aliphatic rings. The second-order valence-electron chi connectivity index (χ2n) is 5.12. The number of carboxylic acid groups (broad SMARTS) is 1. The number of amides is 2. The molecule has 0 bridgehead atoms. The lowest BCUT2D eigenvalue weighted by Gasteiger charge is -2.39. The molecule has 20 heavy (non-hydrogen) atoms. The van der Waals surface area contributed by atoms with Crippen LogP contribution in [0, 0.1) is 0 Å². The van der Waals surface area contributed by atoms with Crippen LogP contribution in [0.2, 0.25) is 0 Å². The van der Waals surface area contributed by atoms with E-state index in [2.05, 4.69) is 0 Å². The predicted molar refractivity (Wildman–Crippen MR) is 71.1 cm³/mol. The fourth-order valence-corrected chi connectivity index (χ4v) is 1.78. The van der Waals surface area contributed by atoms with E-state index < -0.39 is 5.97 Å². The first-order valence-corrected chi connectivity index (χ1v) is 6.71. The molecule has 7 nitrogen and oxygen atoms in total. The molecule has 0 aromatic rings. The van der Waals surface area contributed by atoms with Gasteiger partial charge in [0.25, 0.3) is 0 Å². The van der Waals surface area contributed by atoms with Crippen LogP contribution < -0.4 is 0 Å². The number of carbonyl (C=O) groups excluding carboxylic acids is 2. The molecule has 114 valence electrons. The van der Waals surface area contributed by atoms with Crippen LogP contribution in [-0.2, 0) is 19.1 Å². The summed E-state index contributed by atoms with van der Waals surface area (Å²) in [4.78, 5) is 36.5. The van der Waals surface area contributed by atoms with E-state index in [-0.39, 0.29) is 30.9 Å². The average molecular weight is 286 g/mol. The molecule has 0 aliphatic carbocycles. The maximum absolute atomic E-state index is 11.7. The van der Waals surface area contributed by atoms with Gasteiger partial charge in [-0.1, -0.05) is 0 Å². The predicted octanol–water partition coefficient (Wildman–Crippen LogP) is -0.0530. The normalized spacial score (nSPS) is 14.8. The Balaban J connectivity index is 2.07. The van der Waals surface area contributed by atoms with Crippen molar-refractivity contribution >= 4 is 17.8 Å². The van der Waals surface area contributed by atoms with Crippen LogP contribution in [0.3, 0.4) is 0 Å². The molecule has 1 saturated heterocycles. The van der Waals surface area contributed by atoms with Gasteiger partial charge in [-0.3, -0.25) is 14.4 Å². The van der Waals surface area contributed by atoms with Gasteiger partial charge in [0.05, 0.1) is 6.10 Å². The van der Waals surface area contributed by atoms with Crippen molar-refractivity contribution in [3.63, 3.8) is 0 Å². The molecule has 1 fully saturated rings. The molecular weight excluding hydrogens is 264 g/mol. The zero-order valence-corrected chi connectivity index (χ0v) is 12.0. The Bertz CT molecular complexity index is 364. The van der Waals surface area contributed by atoms with E-state index in [0.717, 1.165) is 0 Å². The molecular formula is C13H22N2O5. The van der Waals surface area contributed by atoms with E-state index in [1.807, 2.05) is 0 Å². The molecule has 0 aromatic carbocycles. The highest BCUT2D eigenvalue weighted by Crippen LogP contribution is 2.14. The summed E-state index contributed by atoms with van der Waals surface area (Å²) in [5.74, 6) is -0.905. The number of hydrogen-bond acceptors (Lipinski definition) is 4. The van der Waals surface area contributed by atoms with Crippen LogP contribution >= 0.6 is 0 Å². The minimum Gasteiger partial charge on any atom is -0.481 e. The summed E-state index contributed by atoms with van der Waals surface area (Å²) < 4.78 is 5.38. The quantitative estimate of drug-likeness (QED) is 0.632. The molecule has 0 spiro atoms. The van der Waals surface area contributed by atoms with E-state index in [4.69, 9.17) is 9.84 Å². The minimum atomic E-state index is -0.833. The molecule has 7 heteroatoms. The van der Waals surface area contributed by atoms with Gasteiger partial charge >= 0.3 is 5.97 Å². The van der Waals surface area contributed by atoms with Gasteiger partial charge in [-0.15, -0.1) is 0 Å². The van der Waals surface area contributed by atoms with E-state index in [1.54, 1.807) is 19.0 Å². The first-order valence-electron chi connectivity index (χ1n) is 6.71. The number of unbranched alkanes of at least 4 members (excludes halogenated alkanes) is 1. The third-order valence-electron chi connectivity index (χ3n) is 3.17. The van der Waals surface area contributed by atoms with Crippen molar-refractivity contribution in [3.05, 3.63) is 0 Å². The maximum Gasteiger partial charge on any atom is 0.303 e. The molecule has 1 rings (SSSR count). The first kappa shape index (κ1) is 16.4. The van der Waals surface area contributed by atoms with Gasteiger partial charge in [0.15, 0.2) is 0 Å². The Kier molecular flexibility index (Phi) is 6.44. The molecule has 2 amide bonds. The van der Waals surface area contributed by atoms with Crippen LogP contribution in [-0.4, -0.2) is 72.6 Å². The number of nitrogens with zero attached hydrogens (tertiary/aromatic N) is 2. The smallest absolute Gasteiger partial charge is 0.303 e. The standard InChI is InChI=1S/C13H22N2O5/c1-14(2)12(17)9-20-10-7-15(8-10)11(16)5-3-4-6-13(18)19/h10H,3-9H2,1-2H3,(H,18,19). The number of carboxylic acids is 1.